The molecule has 0 aliphatic carbocycles. The van der Waals surface area contributed by atoms with Crippen LogP contribution in [-0.4, -0.2) is 34.5 Å². The Bertz CT molecular complexity index is 1090. The largest absolute Gasteiger partial charge is 0.449 e. The second-order valence-corrected chi connectivity index (χ2v) is 7.01. The summed E-state index contributed by atoms with van der Waals surface area (Å²) < 4.78 is 5.45. The van der Waals surface area contributed by atoms with E-state index in [0.717, 1.165) is 34.6 Å². The lowest BCUT2D eigenvalue weighted by Gasteiger charge is -2.21. The average Bonchev–Trinajstić information content (AvgIpc) is 3.12. The zero-order valence-corrected chi connectivity index (χ0v) is 16.1. The van der Waals surface area contributed by atoms with E-state index in [1.54, 1.807) is 30.0 Å². The van der Waals surface area contributed by atoms with E-state index in [1.165, 1.54) is 0 Å². The van der Waals surface area contributed by atoms with Crippen molar-refractivity contribution in [3.05, 3.63) is 65.0 Å². The van der Waals surface area contributed by atoms with E-state index >= 15 is 0 Å². The van der Waals surface area contributed by atoms with Crippen LogP contribution in [0.15, 0.2) is 42.5 Å². The number of hydrogen-bond donors (Lipinski definition) is 0. The van der Waals surface area contributed by atoms with Gasteiger partial charge in [-0.15, -0.1) is 0 Å². The van der Waals surface area contributed by atoms with Crippen LogP contribution in [-0.2, 0) is 16.0 Å². The monoisotopic (exact) mass is 375 g/mol. The Balaban J connectivity index is 1.51. The third-order valence-corrected chi connectivity index (χ3v) is 5.10. The SMILES string of the molecule is Cc1nc2ccc(C(=O)O[C@H](C)C(=O)N3CCc4ccccc43)cc2nc1C. The fourth-order valence-electron chi connectivity index (χ4n) is 3.42. The van der Waals surface area contributed by atoms with Crippen LogP contribution in [0.5, 0.6) is 0 Å². The summed E-state index contributed by atoms with van der Waals surface area (Å²) >= 11 is 0. The second-order valence-electron chi connectivity index (χ2n) is 7.01. The molecule has 142 valence electrons. The van der Waals surface area contributed by atoms with Crippen molar-refractivity contribution in [2.24, 2.45) is 0 Å². The van der Waals surface area contributed by atoms with E-state index in [-0.39, 0.29) is 5.91 Å². The van der Waals surface area contributed by atoms with Gasteiger partial charge in [-0.2, -0.15) is 0 Å². The zero-order chi connectivity index (χ0) is 19.8. The summed E-state index contributed by atoms with van der Waals surface area (Å²) in [5.74, 6) is -0.763. The summed E-state index contributed by atoms with van der Waals surface area (Å²) in [4.78, 5) is 36.0. The number of hydrogen-bond acceptors (Lipinski definition) is 5. The number of amides is 1. The van der Waals surface area contributed by atoms with Gasteiger partial charge in [-0.05, 0) is 57.0 Å². The Hall–Kier alpha value is -3.28. The average molecular weight is 375 g/mol. The summed E-state index contributed by atoms with van der Waals surface area (Å²) in [5.41, 5.74) is 5.39. The van der Waals surface area contributed by atoms with Gasteiger partial charge in [0, 0.05) is 12.2 Å². The standard InChI is InChI=1S/C22H21N3O3/c1-13-14(2)24-19-12-17(8-9-18(19)23-13)22(27)28-15(3)21(26)25-11-10-16-6-4-5-7-20(16)25/h4-9,12,15H,10-11H2,1-3H3/t15-/m1/s1. The molecule has 0 unspecified atom stereocenters. The maximum atomic E-state index is 12.8. The summed E-state index contributed by atoms with van der Waals surface area (Å²) in [6.07, 6.45) is -0.0646. The normalized spacial score (nSPS) is 14.0. The molecule has 6 nitrogen and oxygen atoms in total. The molecule has 1 atom stereocenters. The maximum absolute atomic E-state index is 12.8. The lowest BCUT2D eigenvalue weighted by atomic mass is 10.1. The molecule has 0 N–H and O–H groups in total. The molecule has 3 aromatic rings. The molecule has 2 heterocycles. The molecular formula is C22H21N3O3. The van der Waals surface area contributed by atoms with Crippen molar-refractivity contribution in [1.82, 2.24) is 9.97 Å². The Morgan fingerprint density at radius 1 is 1.04 bits per heavy atom. The molecule has 6 heteroatoms. The lowest BCUT2D eigenvalue weighted by molar-refractivity contribution is -0.126. The highest BCUT2D eigenvalue weighted by Crippen LogP contribution is 2.28. The van der Waals surface area contributed by atoms with Gasteiger partial charge in [0.25, 0.3) is 5.91 Å². The molecule has 0 bridgehead atoms. The first-order chi connectivity index (χ1) is 13.4. The van der Waals surface area contributed by atoms with Crippen molar-refractivity contribution in [2.45, 2.75) is 33.3 Å². The highest BCUT2D eigenvalue weighted by atomic mass is 16.5. The number of carbonyl (C=O) groups is 2. The zero-order valence-electron chi connectivity index (χ0n) is 16.1. The van der Waals surface area contributed by atoms with Crippen LogP contribution < -0.4 is 4.90 Å². The second kappa shape index (κ2) is 7.03. The van der Waals surface area contributed by atoms with Gasteiger partial charge >= 0.3 is 5.97 Å². The number of benzene rings is 2. The highest BCUT2D eigenvalue weighted by molar-refractivity contribution is 6.01. The molecule has 1 aromatic heterocycles. The Morgan fingerprint density at radius 2 is 1.75 bits per heavy atom. The first-order valence-electron chi connectivity index (χ1n) is 9.29. The molecular weight excluding hydrogens is 354 g/mol. The van der Waals surface area contributed by atoms with Gasteiger partial charge in [-0.1, -0.05) is 18.2 Å². The van der Waals surface area contributed by atoms with E-state index in [0.29, 0.717) is 17.6 Å². The van der Waals surface area contributed by atoms with E-state index in [4.69, 9.17) is 4.74 Å². The molecule has 4 rings (SSSR count). The third-order valence-electron chi connectivity index (χ3n) is 5.10. The number of aryl methyl sites for hydroxylation is 2. The molecule has 1 amide bonds. The van der Waals surface area contributed by atoms with Crippen LogP contribution in [0.1, 0.15) is 34.2 Å². The maximum Gasteiger partial charge on any atom is 0.338 e. The molecule has 1 aliphatic rings. The minimum absolute atomic E-state index is 0.217. The smallest absolute Gasteiger partial charge is 0.338 e. The highest BCUT2D eigenvalue weighted by Gasteiger charge is 2.30. The first kappa shape index (κ1) is 18.1. The van der Waals surface area contributed by atoms with Crippen LogP contribution in [0, 0.1) is 13.8 Å². The fraction of sp³-hybridized carbons (Fsp3) is 0.273. The number of anilines is 1. The topological polar surface area (TPSA) is 72.4 Å². The Labute approximate surface area is 163 Å². The number of para-hydroxylation sites is 1. The predicted molar refractivity (Wildman–Crippen MR) is 106 cm³/mol. The molecule has 0 spiro atoms. The van der Waals surface area contributed by atoms with Crippen molar-refractivity contribution in [1.29, 1.82) is 0 Å². The molecule has 1 aliphatic heterocycles. The third kappa shape index (κ3) is 3.22. The molecule has 28 heavy (non-hydrogen) atoms. The van der Waals surface area contributed by atoms with Crippen molar-refractivity contribution in [2.75, 3.05) is 11.4 Å². The number of aromatic nitrogens is 2. The van der Waals surface area contributed by atoms with Crippen molar-refractivity contribution in [3.63, 3.8) is 0 Å². The quantitative estimate of drug-likeness (QED) is 0.656. The van der Waals surface area contributed by atoms with E-state index in [2.05, 4.69) is 9.97 Å². The van der Waals surface area contributed by atoms with Crippen molar-refractivity contribution in [3.8, 4) is 0 Å². The minimum atomic E-state index is -0.875. The molecule has 0 saturated heterocycles. The van der Waals surface area contributed by atoms with E-state index in [1.807, 2.05) is 38.1 Å². The number of ether oxygens (including phenoxy) is 1. The lowest BCUT2D eigenvalue weighted by Crippen LogP contribution is -2.39. The van der Waals surface area contributed by atoms with E-state index < -0.39 is 12.1 Å². The Kier molecular flexibility index (Phi) is 4.55. The molecule has 0 fully saturated rings. The van der Waals surface area contributed by atoms with Crippen LogP contribution in [0.25, 0.3) is 11.0 Å². The minimum Gasteiger partial charge on any atom is -0.449 e. The number of fused-ring (bicyclic) bond motifs is 2. The van der Waals surface area contributed by atoms with Gasteiger partial charge in [-0.25, -0.2) is 14.8 Å². The summed E-state index contributed by atoms with van der Waals surface area (Å²) in [6.45, 7) is 5.98. The fourth-order valence-corrected chi connectivity index (χ4v) is 3.42. The molecule has 0 radical (unpaired) electrons. The van der Waals surface area contributed by atoms with Crippen LogP contribution in [0.3, 0.4) is 0 Å². The number of carbonyl (C=O) groups excluding carboxylic acids is 2. The van der Waals surface area contributed by atoms with Crippen LogP contribution in [0.4, 0.5) is 5.69 Å². The first-order valence-corrected chi connectivity index (χ1v) is 9.29. The summed E-state index contributed by atoms with van der Waals surface area (Å²) in [6, 6.07) is 12.8. The van der Waals surface area contributed by atoms with Crippen molar-refractivity contribution < 1.29 is 14.3 Å². The summed E-state index contributed by atoms with van der Waals surface area (Å²) in [5, 5.41) is 0. The summed E-state index contributed by atoms with van der Waals surface area (Å²) in [7, 11) is 0. The van der Waals surface area contributed by atoms with Crippen molar-refractivity contribution >= 4 is 28.6 Å². The van der Waals surface area contributed by atoms with Gasteiger partial charge in [0.2, 0.25) is 0 Å². The number of esters is 1. The van der Waals surface area contributed by atoms with Gasteiger partial charge in [0.1, 0.15) is 0 Å². The molecule has 0 saturated carbocycles. The van der Waals surface area contributed by atoms with Gasteiger partial charge < -0.3 is 9.64 Å². The van der Waals surface area contributed by atoms with Gasteiger partial charge in [-0.3, -0.25) is 4.79 Å². The van der Waals surface area contributed by atoms with Crippen LogP contribution in [0.2, 0.25) is 0 Å². The van der Waals surface area contributed by atoms with Gasteiger partial charge in [0.05, 0.1) is 28.0 Å². The Morgan fingerprint density at radius 3 is 2.54 bits per heavy atom. The van der Waals surface area contributed by atoms with Gasteiger partial charge in [0.15, 0.2) is 6.10 Å². The predicted octanol–water partition coefficient (Wildman–Crippen LogP) is 3.38. The van der Waals surface area contributed by atoms with E-state index in [9.17, 15) is 9.59 Å². The number of rotatable bonds is 3. The number of nitrogens with zero attached hydrogens (tertiary/aromatic N) is 3. The molecule has 2 aromatic carbocycles. The van der Waals surface area contributed by atoms with Crippen LogP contribution >= 0.6 is 0 Å².